The number of aromatic amines is 1. The van der Waals surface area contributed by atoms with Crippen molar-refractivity contribution in [3.05, 3.63) is 29.0 Å². The number of nitrogens with one attached hydrogen (secondary N) is 2. The van der Waals surface area contributed by atoms with Crippen molar-refractivity contribution in [2.24, 2.45) is 5.41 Å². The summed E-state index contributed by atoms with van der Waals surface area (Å²) in [5.74, 6) is 1.96. The maximum absolute atomic E-state index is 12.4. The number of fused-ring (bicyclic) bond motifs is 5. The first-order chi connectivity index (χ1) is 17.4. The number of carbonyl (C=O) groups excluding carboxylic acids is 1. The summed E-state index contributed by atoms with van der Waals surface area (Å²) in [7, 11) is 0. The predicted molar refractivity (Wildman–Crippen MR) is 139 cm³/mol. The number of amides is 1. The Morgan fingerprint density at radius 2 is 1.92 bits per heavy atom. The highest BCUT2D eigenvalue weighted by molar-refractivity contribution is 5.86. The van der Waals surface area contributed by atoms with Crippen LogP contribution in [0.3, 0.4) is 0 Å². The summed E-state index contributed by atoms with van der Waals surface area (Å²) < 4.78 is 2.33. The highest BCUT2D eigenvalue weighted by atomic mass is 16.1. The normalized spacial score (nSPS) is 25.4. The van der Waals surface area contributed by atoms with Crippen molar-refractivity contribution in [2.45, 2.75) is 104 Å². The zero-order valence-electron chi connectivity index (χ0n) is 21.9. The lowest BCUT2D eigenvalue weighted by atomic mass is 9.57. The van der Waals surface area contributed by atoms with Crippen molar-refractivity contribution < 1.29 is 4.79 Å². The highest BCUT2D eigenvalue weighted by Crippen LogP contribution is 2.53. The number of rotatable bonds is 7. The predicted octanol–water partition coefficient (Wildman–Crippen LogP) is 4.13. The van der Waals surface area contributed by atoms with E-state index in [1.807, 2.05) is 13.1 Å². The van der Waals surface area contributed by atoms with Crippen LogP contribution < -0.4 is 10.2 Å². The van der Waals surface area contributed by atoms with Gasteiger partial charge in [-0.1, -0.05) is 13.3 Å². The van der Waals surface area contributed by atoms with Crippen molar-refractivity contribution in [1.29, 1.82) is 0 Å². The number of H-pyrrole nitrogens is 1. The quantitative estimate of drug-likeness (QED) is 0.516. The van der Waals surface area contributed by atoms with Gasteiger partial charge >= 0.3 is 0 Å². The molecule has 9 heteroatoms. The number of aryl methyl sites for hydroxylation is 2. The number of anilines is 1. The summed E-state index contributed by atoms with van der Waals surface area (Å²) in [6, 6.07) is 0. The molecule has 1 aliphatic heterocycles. The lowest BCUT2D eigenvalue weighted by molar-refractivity contribution is -0.125. The van der Waals surface area contributed by atoms with Crippen LogP contribution in [0.2, 0.25) is 0 Å². The van der Waals surface area contributed by atoms with Gasteiger partial charge in [0.05, 0.1) is 17.3 Å². The minimum Gasteiger partial charge on any atom is -0.351 e. The van der Waals surface area contributed by atoms with Gasteiger partial charge in [0.15, 0.2) is 5.65 Å². The van der Waals surface area contributed by atoms with Gasteiger partial charge in [-0.15, -0.1) is 0 Å². The van der Waals surface area contributed by atoms with Crippen LogP contribution in [0, 0.1) is 19.3 Å². The first-order valence-corrected chi connectivity index (χ1v) is 13.7. The monoisotopic (exact) mass is 490 g/mol. The highest BCUT2D eigenvalue weighted by Gasteiger charge is 2.49. The molecule has 2 N–H and O–H groups in total. The molecular weight excluding hydrogens is 452 g/mol. The third-order valence-corrected chi connectivity index (χ3v) is 9.08. The van der Waals surface area contributed by atoms with Crippen molar-refractivity contribution in [1.82, 2.24) is 35.3 Å². The fraction of sp³-hybridized carbons (Fsp3) is 0.667. The van der Waals surface area contributed by atoms with E-state index in [1.54, 1.807) is 0 Å². The molecule has 4 heterocycles. The number of nitrogens with zero attached hydrogens (tertiary/aromatic N) is 6. The van der Waals surface area contributed by atoms with Crippen LogP contribution in [0.15, 0.2) is 6.20 Å². The van der Waals surface area contributed by atoms with Crippen LogP contribution in [0.1, 0.15) is 87.5 Å². The molecule has 0 aromatic carbocycles. The van der Waals surface area contributed by atoms with Gasteiger partial charge in [-0.3, -0.25) is 14.6 Å². The van der Waals surface area contributed by atoms with Crippen LogP contribution in [-0.4, -0.2) is 47.9 Å². The molecule has 0 saturated heterocycles. The molecule has 0 radical (unpaired) electrons. The average molecular weight is 491 g/mol. The maximum Gasteiger partial charge on any atom is 0.220 e. The van der Waals surface area contributed by atoms with E-state index in [9.17, 15) is 4.79 Å². The largest absolute Gasteiger partial charge is 0.351 e. The van der Waals surface area contributed by atoms with Gasteiger partial charge in [0, 0.05) is 49.3 Å². The zero-order valence-corrected chi connectivity index (χ0v) is 21.9. The molecule has 3 fully saturated rings. The second kappa shape index (κ2) is 8.85. The number of aromatic nitrogens is 6. The molecule has 36 heavy (non-hydrogen) atoms. The molecule has 7 rings (SSSR count). The summed E-state index contributed by atoms with van der Waals surface area (Å²) in [5, 5.41) is 16.7. The van der Waals surface area contributed by atoms with Crippen molar-refractivity contribution in [3.8, 4) is 0 Å². The lowest BCUT2D eigenvalue weighted by Crippen LogP contribution is -2.57. The van der Waals surface area contributed by atoms with Crippen molar-refractivity contribution in [2.75, 3.05) is 11.4 Å². The van der Waals surface area contributed by atoms with Gasteiger partial charge in [-0.05, 0) is 64.2 Å². The standard InChI is InChI=1S/C27H38N8O/c1-4-5-6-23(36)31-27-11-8-26(9-12-27,10-13-27)17-35-22-7-14-34(16-21(22)18(2)33-35)25-20-15-28-32-24(20)29-19(3)30-25/h15H,4-14,16-17H2,1-3H3,(H,31,36)(H,28,29,30,32). The van der Waals surface area contributed by atoms with E-state index in [0.29, 0.717) is 11.8 Å². The Hall–Kier alpha value is -2.97. The summed E-state index contributed by atoms with van der Waals surface area (Å²) in [4.78, 5) is 24.0. The van der Waals surface area contributed by atoms with E-state index in [2.05, 4.69) is 43.9 Å². The molecule has 0 spiro atoms. The molecule has 2 bridgehead atoms. The summed E-state index contributed by atoms with van der Waals surface area (Å²) >= 11 is 0. The first kappa shape index (κ1) is 23.4. The SMILES string of the molecule is CCCCC(=O)NC12CCC(Cn3nc(C)c4c3CCN(c3nc(C)nc5[nH]ncc35)C4)(CC1)CC2. The fourth-order valence-corrected chi connectivity index (χ4v) is 6.85. The van der Waals surface area contributed by atoms with Crippen LogP contribution >= 0.6 is 0 Å². The molecule has 3 aliphatic carbocycles. The lowest BCUT2D eigenvalue weighted by Gasteiger charge is -2.53. The van der Waals surface area contributed by atoms with Crippen LogP contribution in [0.25, 0.3) is 11.0 Å². The summed E-state index contributed by atoms with van der Waals surface area (Å²) in [6.07, 6.45) is 12.4. The molecule has 1 amide bonds. The Bertz CT molecular complexity index is 1270. The minimum absolute atomic E-state index is 0.0423. The Morgan fingerprint density at radius 1 is 1.14 bits per heavy atom. The molecule has 3 aromatic heterocycles. The first-order valence-electron chi connectivity index (χ1n) is 13.7. The molecule has 3 aromatic rings. The van der Waals surface area contributed by atoms with Crippen LogP contribution in [0.4, 0.5) is 5.82 Å². The molecule has 3 saturated carbocycles. The zero-order chi connectivity index (χ0) is 24.9. The van der Waals surface area contributed by atoms with Gasteiger partial charge in [-0.2, -0.15) is 10.2 Å². The van der Waals surface area contributed by atoms with Crippen LogP contribution in [-0.2, 0) is 24.3 Å². The molecule has 9 nitrogen and oxygen atoms in total. The van der Waals surface area contributed by atoms with E-state index in [4.69, 9.17) is 10.1 Å². The molecule has 4 aliphatic rings. The van der Waals surface area contributed by atoms with Gasteiger partial charge < -0.3 is 10.2 Å². The second-order valence-corrected chi connectivity index (χ2v) is 11.5. The van der Waals surface area contributed by atoms with E-state index in [0.717, 1.165) is 86.5 Å². The fourth-order valence-electron chi connectivity index (χ4n) is 6.85. The maximum atomic E-state index is 12.4. The average Bonchev–Trinajstić information content (AvgIpc) is 3.47. The van der Waals surface area contributed by atoms with E-state index in [-0.39, 0.29) is 11.4 Å². The number of hydrogen-bond donors (Lipinski definition) is 2. The topological polar surface area (TPSA) is 105 Å². The second-order valence-electron chi connectivity index (χ2n) is 11.5. The third kappa shape index (κ3) is 4.06. The molecule has 0 unspecified atom stereocenters. The number of hydrogen-bond acceptors (Lipinski definition) is 6. The van der Waals surface area contributed by atoms with Gasteiger partial charge in [0.2, 0.25) is 5.91 Å². The van der Waals surface area contributed by atoms with E-state index >= 15 is 0 Å². The molecule has 0 atom stereocenters. The van der Waals surface area contributed by atoms with Gasteiger partial charge in [0.25, 0.3) is 0 Å². The Morgan fingerprint density at radius 3 is 2.67 bits per heavy atom. The van der Waals surface area contributed by atoms with Crippen molar-refractivity contribution >= 4 is 22.8 Å². The Balaban J connectivity index is 1.17. The van der Waals surface area contributed by atoms with E-state index < -0.39 is 0 Å². The third-order valence-electron chi connectivity index (χ3n) is 9.08. The smallest absolute Gasteiger partial charge is 0.220 e. The van der Waals surface area contributed by atoms with Gasteiger partial charge in [0.1, 0.15) is 11.6 Å². The van der Waals surface area contributed by atoms with E-state index in [1.165, 1.54) is 30.5 Å². The summed E-state index contributed by atoms with van der Waals surface area (Å²) in [6.45, 7) is 8.95. The van der Waals surface area contributed by atoms with Crippen molar-refractivity contribution in [3.63, 3.8) is 0 Å². The minimum atomic E-state index is 0.0423. The molecule has 192 valence electrons. The molecular formula is C27H38N8O. The Kier molecular flexibility index (Phi) is 5.76. The number of carbonyl (C=O) groups is 1. The van der Waals surface area contributed by atoms with Gasteiger partial charge in [-0.25, -0.2) is 9.97 Å². The number of unbranched alkanes of at least 4 members (excludes halogenated alkanes) is 1. The van der Waals surface area contributed by atoms with Crippen LogP contribution in [0.5, 0.6) is 0 Å². The summed E-state index contributed by atoms with van der Waals surface area (Å²) in [5.41, 5.74) is 5.01. The Labute approximate surface area is 212 Å².